The maximum absolute atomic E-state index is 12.9. The van der Waals surface area contributed by atoms with Crippen molar-refractivity contribution in [2.75, 3.05) is 30.3 Å². The molecular weight excluding hydrogens is 605 g/mol. The fourth-order valence-electron chi connectivity index (χ4n) is 4.05. The van der Waals surface area contributed by atoms with Crippen LogP contribution in [0.15, 0.2) is 48.5 Å². The zero-order valence-corrected chi connectivity index (χ0v) is 24.5. The van der Waals surface area contributed by atoms with Gasteiger partial charge in [-0.3, -0.25) is 14.4 Å². The van der Waals surface area contributed by atoms with Gasteiger partial charge in [-0.2, -0.15) is 28.1 Å². The van der Waals surface area contributed by atoms with Gasteiger partial charge in [0.15, 0.2) is 6.61 Å². The first-order chi connectivity index (χ1) is 20.6. The predicted molar refractivity (Wildman–Crippen MR) is 155 cm³/mol. The van der Waals surface area contributed by atoms with Gasteiger partial charge < -0.3 is 31.7 Å². The number of alkyl halides is 3. The van der Waals surface area contributed by atoms with Gasteiger partial charge in [-0.1, -0.05) is 43.6 Å². The second-order valence-electron chi connectivity index (χ2n) is 11.0. The lowest BCUT2D eigenvalue weighted by atomic mass is 9.93. The molecule has 0 aliphatic heterocycles. The SMILES string of the molecule is CC(C)(CNC(=O)C(N)=O)CNC(=O)c1ccc(Nc2nc(NC3(c4ccccc4Cl)CC3)nc(OCC(F)(F)F)n2)cc1. The van der Waals surface area contributed by atoms with Crippen molar-refractivity contribution in [1.29, 1.82) is 0 Å². The summed E-state index contributed by atoms with van der Waals surface area (Å²) in [6, 6.07) is 12.9. The van der Waals surface area contributed by atoms with Gasteiger partial charge >= 0.3 is 24.0 Å². The number of anilines is 3. The molecule has 0 bridgehead atoms. The Hall–Kier alpha value is -4.66. The molecule has 1 aromatic heterocycles. The Labute approximate surface area is 255 Å². The van der Waals surface area contributed by atoms with Crippen molar-refractivity contribution in [3.8, 4) is 6.01 Å². The Morgan fingerprint density at radius 2 is 1.59 bits per heavy atom. The van der Waals surface area contributed by atoms with Crippen molar-refractivity contribution in [1.82, 2.24) is 25.6 Å². The molecular formula is C28H30ClF3N8O4. The normalized spacial score (nSPS) is 13.9. The van der Waals surface area contributed by atoms with Crippen molar-refractivity contribution < 1.29 is 32.3 Å². The van der Waals surface area contributed by atoms with E-state index in [1.807, 2.05) is 12.1 Å². The Morgan fingerprint density at radius 1 is 0.955 bits per heavy atom. The van der Waals surface area contributed by atoms with Gasteiger partial charge in [0.2, 0.25) is 11.9 Å². The number of hydrogen-bond acceptors (Lipinski definition) is 9. The van der Waals surface area contributed by atoms with Crippen LogP contribution in [-0.4, -0.2) is 58.5 Å². The second-order valence-corrected chi connectivity index (χ2v) is 11.4. The maximum atomic E-state index is 12.9. The maximum Gasteiger partial charge on any atom is 0.422 e. The summed E-state index contributed by atoms with van der Waals surface area (Å²) in [7, 11) is 0. The Kier molecular flexibility index (Phi) is 9.47. The van der Waals surface area contributed by atoms with Crippen LogP contribution in [0.1, 0.15) is 42.6 Å². The van der Waals surface area contributed by atoms with Gasteiger partial charge in [-0.15, -0.1) is 0 Å². The molecule has 0 atom stereocenters. The van der Waals surface area contributed by atoms with E-state index in [0.717, 1.165) is 5.56 Å². The number of nitrogens with zero attached hydrogens (tertiary/aromatic N) is 3. The zero-order valence-electron chi connectivity index (χ0n) is 23.7. The molecule has 0 saturated heterocycles. The van der Waals surface area contributed by atoms with Crippen LogP contribution in [-0.2, 0) is 15.1 Å². The summed E-state index contributed by atoms with van der Waals surface area (Å²) in [4.78, 5) is 47.3. The second kappa shape index (κ2) is 12.9. The molecule has 1 saturated carbocycles. The average molecular weight is 635 g/mol. The summed E-state index contributed by atoms with van der Waals surface area (Å²) >= 11 is 6.38. The highest BCUT2D eigenvalue weighted by atomic mass is 35.5. The molecule has 1 heterocycles. The Morgan fingerprint density at radius 3 is 2.20 bits per heavy atom. The van der Waals surface area contributed by atoms with Crippen LogP contribution in [0.5, 0.6) is 6.01 Å². The predicted octanol–water partition coefficient (Wildman–Crippen LogP) is 3.67. The first-order valence-electron chi connectivity index (χ1n) is 13.4. The highest BCUT2D eigenvalue weighted by Crippen LogP contribution is 2.50. The van der Waals surface area contributed by atoms with Gasteiger partial charge in [0, 0.05) is 29.4 Å². The van der Waals surface area contributed by atoms with Crippen molar-refractivity contribution in [2.24, 2.45) is 11.1 Å². The van der Waals surface area contributed by atoms with Crippen molar-refractivity contribution in [3.05, 3.63) is 64.7 Å². The molecule has 1 aliphatic rings. The molecule has 4 rings (SSSR count). The molecule has 1 fully saturated rings. The summed E-state index contributed by atoms with van der Waals surface area (Å²) in [6.45, 7) is 2.26. The molecule has 6 N–H and O–H groups in total. The monoisotopic (exact) mass is 634 g/mol. The number of halogens is 4. The number of primary amides is 1. The summed E-state index contributed by atoms with van der Waals surface area (Å²) in [5.74, 6) is -2.51. The largest absolute Gasteiger partial charge is 0.454 e. The molecule has 0 spiro atoms. The van der Waals surface area contributed by atoms with Crippen LogP contribution in [0.3, 0.4) is 0 Å². The van der Waals surface area contributed by atoms with E-state index in [9.17, 15) is 27.6 Å². The molecule has 0 unspecified atom stereocenters. The first kappa shape index (κ1) is 32.3. The molecule has 44 heavy (non-hydrogen) atoms. The Balaban J connectivity index is 1.45. The summed E-state index contributed by atoms with van der Waals surface area (Å²) in [5, 5.41) is 11.8. The third-order valence-electron chi connectivity index (χ3n) is 6.55. The van der Waals surface area contributed by atoms with Crippen molar-refractivity contribution in [2.45, 2.75) is 38.4 Å². The lowest BCUT2D eigenvalue weighted by molar-refractivity contribution is -0.154. The fraction of sp³-hybridized carbons (Fsp3) is 0.357. The summed E-state index contributed by atoms with van der Waals surface area (Å²) < 4.78 is 43.4. The third-order valence-corrected chi connectivity index (χ3v) is 6.88. The number of benzene rings is 2. The first-order valence-corrected chi connectivity index (χ1v) is 13.7. The van der Waals surface area contributed by atoms with E-state index in [-0.39, 0.29) is 25.0 Å². The minimum Gasteiger partial charge on any atom is -0.454 e. The van der Waals surface area contributed by atoms with Crippen LogP contribution in [0.2, 0.25) is 5.02 Å². The van der Waals surface area contributed by atoms with Crippen molar-refractivity contribution >= 4 is 46.9 Å². The summed E-state index contributed by atoms with van der Waals surface area (Å²) in [6.07, 6.45) is -3.20. The van der Waals surface area contributed by atoms with E-state index in [4.69, 9.17) is 22.1 Å². The Bertz CT molecular complexity index is 1530. The highest BCUT2D eigenvalue weighted by molar-refractivity contribution is 6.34. The van der Waals surface area contributed by atoms with Crippen molar-refractivity contribution in [3.63, 3.8) is 0 Å². The van der Waals surface area contributed by atoms with E-state index >= 15 is 0 Å². The van der Waals surface area contributed by atoms with Crippen LogP contribution >= 0.6 is 11.6 Å². The summed E-state index contributed by atoms with van der Waals surface area (Å²) in [5.41, 5.74) is 5.32. The van der Waals surface area contributed by atoms with Crippen LogP contribution < -0.4 is 31.7 Å². The number of amides is 3. The molecule has 3 aromatic rings. The molecule has 1 aliphatic carbocycles. The lowest BCUT2D eigenvalue weighted by Gasteiger charge is -2.25. The number of nitrogens with one attached hydrogen (secondary N) is 4. The third kappa shape index (κ3) is 8.92. The van der Waals surface area contributed by atoms with Crippen LogP contribution in [0.4, 0.5) is 30.8 Å². The smallest absolute Gasteiger partial charge is 0.422 e. The molecule has 234 valence electrons. The molecule has 12 nitrogen and oxygen atoms in total. The van der Waals surface area contributed by atoms with Gasteiger partial charge in [0.1, 0.15) is 0 Å². The average Bonchev–Trinajstić information content (AvgIpc) is 3.73. The highest BCUT2D eigenvalue weighted by Gasteiger charge is 2.46. The molecule has 3 amide bonds. The molecule has 0 radical (unpaired) electrons. The number of nitrogens with two attached hydrogens (primary N) is 1. The van der Waals surface area contributed by atoms with Gasteiger partial charge in [0.25, 0.3) is 5.91 Å². The molecule has 2 aromatic carbocycles. The van der Waals surface area contributed by atoms with E-state index in [1.54, 1.807) is 38.1 Å². The number of hydrogen-bond donors (Lipinski definition) is 5. The number of carbonyl (C=O) groups is 3. The molecule has 16 heteroatoms. The number of rotatable bonds is 12. The number of carbonyl (C=O) groups excluding carboxylic acids is 3. The quantitative estimate of drug-likeness (QED) is 0.186. The lowest BCUT2D eigenvalue weighted by Crippen LogP contribution is -2.45. The fourth-order valence-corrected chi connectivity index (χ4v) is 4.37. The van der Waals surface area contributed by atoms with E-state index in [2.05, 4.69) is 36.2 Å². The van der Waals surface area contributed by atoms with E-state index < -0.39 is 47.5 Å². The van der Waals surface area contributed by atoms with Crippen LogP contribution in [0, 0.1) is 5.41 Å². The van der Waals surface area contributed by atoms with Gasteiger partial charge in [0.05, 0.1) is 5.54 Å². The van der Waals surface area contributed by atoms with Crippen LogP contribution in [0.25, 0.3) is 0 Å². The van der Waals surface area contributed by atoms with E-state index in [1.165, 1.54) is 12.1 Å². The van der Waals surface area contributed by atoms with Gasteiger partial charge in [-0.25, -0.2) is 0 Å². The number of aromatic nitrogens is 3. The van der Waals surface area contributed by atoms with Gasteiger partial charge in [-0.05, 0) is 54.2 Å². The standard InChI is InChI=1S/C28H30ClF3N8O4/c1-26(2,14-35-22(43)20(33)41)13-34-21(42)16-7-9-17(10-8-16)36-23-37-24(39-25(38-23)44-15-28(30,31)32)40-27(11-12-27)18-5-3-4-6-19(18)29/h3-10H,11-15H2,1-2H3,(H2,33,41)(H,34,42)(H,35,43)(H2,36,37,38,39,40). The zero-order chi connectivity index (χ0) is 32.1. The minimum absolute atomic E-state index is 0.0114. The number of ether oxygens (including phenoxy) is 1. The topological polar surface area (TPSA) is 173 Å². The van der Waals surface area contributed by atoms with E-state index in [0.29, 0.717) is 29.1 Å². The minimum atomic E-state index is -4.60.